The Morgan fingerprint density at radius 1 is 0.731 bits per heavy atom. The zero-order valence-corrected chi connectivity index (χ0v) is 19.3. The van der Waals surface area contributed by atoms with E-state index in [0.717, 1.165) is 30.5 Å². The van der Waals surface area contributed by atoms with Crippen LogP contribution in [0.4, 0.5) is 0 Å². The molecule has 0 aliphatic carbocycles. The first-order chi connectivity index (χ1) is 12.7. The molecule has 0 heterocycles. The Hall–Kier alpha value is -0.0500. The van der Waals surface area contributed by atoms with E-state index in [1.807, 2.05) is 0 Å². The number of hydrogen-bond donors (Lipinski definition) is 0. The molecular formula is C23H45BrO2. The first kappa shape index (κ1) is 26.0. The van der Waals surface area contributed by atoms with E-state index < -0.39 is 0 Å². The van der Waals surface area contributed by atoms with Gasteiger partial charge in [-0.3, -0.25) is 4.79 Å². The summed E-state index contributed by atoms with van der Waals surface area (Å²) in [6.45, 7) is 5.17. The van der Waals surface area contributed by atoms with Crippen molar-refractivity contribution in [3.63, 3.8) is 0 Å². The molecule has 0 amide bonds. The van der Waals surface area contributed by atoms with E-state index in [9.17, 15) is 4.79 Å². The predicted octanol–water partition coefficient (Wildman–Crippen LogP) is 8.21. The maximum Gasteiger partial charge on any atom is 0.305 e. The lowest BCUT2D eigenvalue weighted by Gasteiger charge is -2.17. The third-order valence-corrected chi connectivity index (χ3v) is 5.80. The monoisotopic (exact) mass is 432 g/mol. The summed E-state index contributed by atoms with van der Waals surface area (Å²) in [5, 5.41) is 1.09. The second-order valence-electron chi connectivity index (χ2n) is 7.78. The third kappa shape index (κ3) is 18.7. The van der Waals surface area contributed by atoms with Crippen LogP contribution < -0.4 is 0 Å². The van der Waals surface area contributed by atoms with E-state index in [2.05, 4.69) is 29.8 Å². The largest absolute Gasteiger partial charge is 0.466 e. The van der Waals surface area contributed by atoms with Gasteiger partial charge < -0.3 is 4.74 Å². The highest BCUT2D eigenvalue weighted by molar-refractivity contribution is 9.09. The van der Waals surface area contributed by atoms with Crippen LogP contribution >= 0.6 is 15.9 Å². The third-order valence-electron chi connectivity index (χ3n) is 5.24. The molecule has 0 aromatic rings. The number of hydrogen-bond acceptors (Lipinski definition) is 2. The van der Waals surface area contributed by atoms with E-state index in [1.165, 1.54) is 83.5 Å². The molecule has 0 aliphatic heterocycles. The average Bonchev–Trinajstić information content (AvgIpc) is 2.64. The second kappa shape index (κ2) is 21.3. The zero-order valence-electron chi connectivity index (χ0n) is 17.7. The summed E-state index contributed by atoms with van der Waals surface area (Å²) in [4.78, 5) is 11.9. The SMILES string of the molecule is CCCCCCC(CCCCCC)CCOC(=O)CCCCCCCBr. The number of carbonyl (C=O) groups is 1. The van der Waals surface area contributed by atoms with E-state index in [4.69, 9.17) is 4.74 Å². The Kier molecular flexibility index (Phi) is 21.2. The first-order valence-corrected chi connectivity index (χ1v) is 12.6. The molecular weight excluding hydrogens is 388 g/mol. The van der Waals surface area contributed by atoms with Crippen LogP contribution in [0, 0.1) is 5.92 Å². The van der Waals surface area contributed by atoms with Crippen LogP contribution in [-0.2, 0) is 9.53 Å². The fraction of sp³-hybridized carbons (Fsp3) is 0.957. The van der Waals surface area contributed by atoms with Gasteiger partial charge in [0.1, 0.15) is 0 Å². The summed E-state index contributed by atoms with van der Waals surface area (Å²) in [6, 6.07) is 0. The summed E-state index contributed by atoms with van der Waals surface area (Å²) >= 11 is 3.45. The van der Waals surface area contributed by atoms with Crippen LogP contribution in [0.25, 0.3) is 0 Å². The summed E-state index contributed by atoms with van der Waals surface area (Å²) < 4.78 is 5.51. The molecule has 26 heavy (non-hydrogen) atoms. The quantitative estimate of drug-likeness (QED) is 0.110. The van der Waals surface area contributed by atoms with Gasteiger partial charge in [-0.2, -0.15) is 0 Å². The van der Waals surface area contributed by atoms with Gasteiger partial charge in [0.25, 0.3) is 0 Å². The van der Waals surface area contributed by atoms with Crippen molar-refractivity contribution < 1.29 is 9.53 Å². The van der Waals surface area contributed by atoms with E-state index in [0.29, 0.717) is 13.0 Å². The number of ether oxygens (including phenoxy) is 1. The molecule has 0 aliphatic rings. The van der Waals surface area contributed by atoms with Crippen LogP contribution in [0.3, 0.4) is 0 Å². The van der Waals surface area contributed by atoms with Gasteiger partial charge in [0, 0.05) is 11.8 Å². The number of esters is 1. The second-order valence-corrected chi connectivity index (χ2v) is 8.57. The average molecular weight is 434 g/mol. The minimum absolute atomic E-state index is 0.0150. The minimum Gasteiger partial charge on any atom is -0.466 e. The molecule has 3 heteroatoms. The van der Waals surface area contributed by atoms with Gasteiger partial charge >= 0.3 is 5.97 Å². The van der Waals surface area contributed by atoms with Crippen LogP contribution in [0.2, 0.25) is 0 Å². The Labute approximate surface area is 172 Å². The summed E-state index contributed by atoms with van der Waals surface area (Å²) in [5.74, 6) is 0.766. The van der Waals surface area contributed by atoms with Gasteiger partial charge in [-0.25, -0.2) is 0 Å². The van der Waals surface area contributed by atoms with Crippen molar-refractivity contribution in [1.82, 2.24) is 0 Å². The van der Waals surface area contributed by atoms with E-state index in [1.54, 1.807) is 0 Å². The fourth-order valence-corrected chi connectivity index (χ4v) is 3.85. The van der Waals surface area contributed by atoms with Gasteiger partial charge in [-0.1, -0.05) is 113 Å². The molecule has 0 saturated carbocycles. The molecule has 0 saturated heterocycles. The molecule has 0 radical (unpaired) electrons. The predicted molar refractivity (Wildman–Crippen MR) is 118 cm³/mol. The normalized spacial score (nSPS) is 11.2. The van der Waals surface area contributed by atoms with Crippen molar-refractivity contribution >= 4 is 21.9 Å². The number of unbranched alkanes of at least 4 members (excludes halogenated alkanes) is 10. The van der Waals surface area contributed by atoms with Crippen molar-refractivity contribution in [1.29, 1.82) is 0 Å². The van der Waals surface area contributed by atoms with Gasteiger partial charge in [-0.15, -0.1) is 0 Å². The van der Waals surface area contributed by atoms with E-state index >= 15 is 0 Å². The summed E-state index contributed by atoms with van der Waals surface area (Å²) in [7, 11) is 0. The van der Waals surface area contributed by atoms with Gasteiger partial charge in [0.2, 0.25) is 0 Å². The molecule has 0 bridgehead atoms. The van der Waals surface area contributed by atoms with Crippen LogP contribution in [-0.4, -0.2) is 17.9 Å². The Morgan fingerprint density at radius 3 is 1.85 bits per heavy atom. The van der Waals surface area contributed by atoms with Crippen LogP contribution in [0.1, 0.15) is 123 Å². The number of rotatable bonds is 20. The highest BCUT2D eigenvalue weighted by atomic mass is 79.9. The highest BCUT2D eigenvalue weighted by Crippen LogP contribution is 2.21. The van der Waals surface area contributed by atoms with Gasteiger partial charge in [0.15, 0.2) is 0 Å². The van der Waals surface area contributed by atoms with Gasteiger partial charge in [0.05, 0.1) is 6.61 Å². The topological polar surface area (TPSA) is 26.3 Å². The Morgan fingerprint density at radius 2 is 1.27 bits per heavy atom. The van der Waals surface area contributed by atoms with Crippen molar-refractivity contribution in [3.8, 4) is 0 Å². The van der Waals surface area contributed by atoms with Crippen molar-refractivity contribution in [2.24, 2.45) is 5.92 Å². The molecule has 156 valence electrons. The molecule has 0 spiro atoms. The molecule has 0 N–H and O–H groups in total. The maximum absolute atomic E-state index is 11.9. The molecule has 2 nitrogen and oxygen atoms in total. The van der Waals surface area contributed by atoms with Gasteiger partial charge in [-0.05, 0) is 25.2 Å². The first-order valence-electron chi connectivity index (χ1n) is 11.5. The van der Waals surface area contributed by atoms with E-state index in [-0.39, 0.29) is 5.97 Å². The zero-order chi connectivity index (χ0) is 19.3. The standard InChI is InChI=1S/C23H45BrO2/c1-3-5-7-12-16-22(17-13-8-6-4-2)19-21-26-23(25)18-14-10-9-11-15-20-24/h22H,3-21H2,1-2H3. The van der Waals surface area contributed by atoms with Crippen LogP contribution in [0.5, 0.6) is 0 Å². The van der Waals surface area contributed by atoms with Crippen molar-refractivity contribution in [3.05, 3.63) is 0 Å². The fourth-order valence-electron chi connectivity index (χ4n) is 3.46. The molecule has 0 atom stereocenters. The number of carbonyl (C=O) groups excluding carboxylic acids is 1. The lowest BCUT2D eigenvalue weighted by atomic mass is 9.92. The summed E-state index contributed by atoms with van der Waals surface area (Å²) in [5.41, 5.74) is 0. The molecule has 0 rings (SSSR count). The smallest absolute Gasteiger partial charge is 0.305 e. The molecule has 0 aromatic heterocycles. The lowest BCUT2D eigenvalue weighted by Crippen LogP contribution is -2.10. The molecule has 0 unspecified atom stereocenters. The highest BCUT2D eigenvalue weighted by Gasteiger charge is 2.10. The van der Waals surface area contributed by atoms with Crippen LogP contribution in [0.15, 0.2) is 0 Å². The number of halogens is 1. The minimum atomic E-state index is 0.0150. The molecule has 0 aromatic carbocycles. The maximum atomic E-state index is 11.9. The number of alkyl halides is 1. The Balaban J connectivity index is 3.80. The summed E-state index contributed by atoms with van der Waals surface area (Å²) in [6.07, 6.45) is 20.9. The Bertz CT molecular complexity index is 282. The van der Waals surface area contributed by atoms with Crippen molar-refractivity contribution in [2.45, 2.75) is 123 Å². The molecule has 0 fully saturated rings. The lowest BCUT2D eigenvalue weighted by molar-refractivity contribution is -0.144. The van der Waals surface area contributed by atoms with Crippen molar-refractivity contribution in [2.75, 3.05) is 11.9 Å².